The van der Waals surface area contributed by atoms with Crippen LogP contribution in [0, 0.1) is 0 Å². The third-order valence-corrected chi connectivity index (χ3v) is 4.05. The third kappa shape index (κ3) is 3.73. The average molecular weight is 276 g/mol. The maximum Gasteiger partial charge on any atom is 0.223 e. The molecule has 1 heterocycles. The van der Waals surface area contributed by atoms with Crippen molar-refractivity contribution in [2.45, 2.75) is 38.2 Å². The van der Waals surface area contributed by atoms with E-state index in [0.29, 0.717) is 6.42 Å². The molecule has 110 valence electrons. The van der Waals surface area contributed by atoms with Gasteiger partial charge in [-0.2, -0.15) is 0 Å². The SMILES string of the molecule is COC1CCCN(C(=O)CC(C)c2ccc(N)cc2)C1. The van der Waals surface area contributed by atoms with E-state index in [1.165, 1.54) is 0 Å². The van der Waals surface area contributed by atoms with Crippen molar-refractivity contribution in [3.05, 3.63) is 29.8 Å². The molecule has 0 aliphatic carbocycles. The average Bonchev–Trinajstić information content (AvgIpc) is 2.47. The fourth-order valence-corrected chi connectivity index (χ4v) is 2.69. The molecule has 0 bridgehead atoms. The second-order valence-electron chi connectivity index (χ2n) is 5.61. The monoisotopic (exact) mass is 276 g/mol. The van der Waals surface area contributed by atoms with E-state index in [9.17, 15) is 4.79 Å². The molecule has 1 fully saturated rings. The summed E-state index contributed by atoms with van der Waals surface area (Å²) in [5, 5.41) is 0. The number of nitrogens with zero attached hydrogens (tertiary/aromatic N) is 1. The van der Waals surface area contributed by atoms with Gasteiger partial charge in [-0.05, 0) is 36.5 Å². The lowest BCUT2D eigenvalue weighted by atomic mass is 9.96. The van der Waals surface area contributed by atoms with Crippen LogP contribution in [0.3, 0.4) is 0 Å². The molecule has 0 spiro atoms. The van der Waals surface area contributed by atoms with Crippen LogP contribution >= 0.6 is 0 Å². The van der Waals surface area contributed by atoms with E-state index in [-0.39, 0.29) is 17.9 Å². The normalized spacial score (nSPS) is 20.7. The van der Waals surface area contributed by atoms with Gasteiger partial charge in [-0.3, -0.25) is 4.79 Å². The number of anilines is 1. The number of carbonyl (C=O) groups excluding carboxylic acids is 1. The minimum Gasteiger partial charge on any atom is -0.399 e. The van der Waals surface area contributed by atoms with Gasteiger partial charge in [0.15, 0.2) is 0 Å². The van der Waals surface area contributed by atoms with Crippen LogP contribution < -0.4 is 5.73 Å². The first-order valence-electron chi connectivity index (χ1n) is 7.26. The van der Waals surface area contributed by atoms with E-state index >= 15 is 0 Å². The summed E-state index contributed by atoms with van der Waals surface area (Å²) in [6, 6.07) is 7.78. The molecule has 2 unspecified atom stereocenters. The topological polar surface area (TPSA) is 55.6 Å². The lowest BCUT2D eigenvalue weighted by molar-refractivity contribution is -0.135. The van der Waals surface area contributed by atoms with E-state index in [4.69, 9.17) is 10.5 Å². The number of carbonyl (C=O) groups is 1. The summed E-state index contributed by atoms with van der Waals surface area (Å²) in [5.41, 5.74) is 7.60. The number of hydrogen-bond donors (Lipinski definition) is 1. The summed E-state index contributed by atoms with van der Waals surface area (Å²) >= 11 is 0. The van der Waals surface area contributed by atoms with Gasteiger partial charge in [-0.1, -0.05) is 19.1 Å². The molecule has 4 nitrogen and oxygen atoms in total. The number of likely N-dealkylation sites (tertiary alicyclic amines) is 1. The van der Waals surface area contributed by atoms with Crippen LogP contribution in [0.2, 0.25) is 0 Å². The van der Waals surface area contributed by atoms with Crippen LogP contribution in [0.5, 0.6) is 0 Å². The highest BCUT2D eigenvalue weighted by Gasteiger charge is 2.24. The fourth-order valence-electron chi connectivity index (χ4n) is 2.69. The second kappa shape index (κ2) is 6.75. The molecule has 1 aliphatic rings. The lowest BCUT2D eigenvalue weighted by Gasteiger charge is -2.32. The van der Waals surface area contributed by atoms with Gasteiger partial charge in [0.05, 0.1) is 6.10 Å². The van der Waals surface area contributed by atoms with Crippen molar-refractivity contribution in [2.24, 2.45) is 0 Å². The van der Waals surface area contributed by atoms with Gasteiger partial charge in [-0.25, -0.2) is 0 Å². The molecule has 4 heteroatoms. The summed E-state index contributed by atoms with van der Waals surface area (Å²) in [6.07, 6.45) is 2.81. The molecule has 20 heavy (non-hydrogen) atoms. The molecule has 2 atom stereocenters. The van der Waals surface area contributed by atoms with Crippen molar-refractivity contribution in [1.29, 1.82) is 0 Å². The van der Waals surface area contributed by atoms with E-state index < -0.39 is 0 Å². The standard InChI is InChI=1S/C16H24N2O2/c1-12(13-5-7-14(17)8-6-13)10-16(19)18-9-3-4-15(11-18)20-2/h5-8,12,15H,3-4,9-11,17H2,1-2H3. The predicted molar refractivity (Wildman–Crippen MR) is 80.5 cm³/mol. The Bertz CT molecular complexity index is 444. The van der Waals surface area contributed by atoms with Crippen molar-refractivity contribution in [1.82, 2.24) is 4.90 Å². The minimum atomic E-state index is 0.194. The maximum atomic E-state index is 12.4. The summed E-state index contributed by atoms with van der Waals surface area (Å²) in [5.74, 6) is 0.432. The van der Waals surface area contributed by atoms with E-state index in [1.54, 1.807) is 7.11 Å². The van der Waals surface area contributed by atoms with Crippen LogP contribution in [0.25, 0.3) is 0 Å². The number of nitrogens with two attached hydrogens (primary N) is 1. The van der Waals surface area contributed by atoms with Gasteiger partial charge in [0.2, 0.25) is 5.91 Å². The Balaban J connectivity index is 1.91. The van der Waals surface area contributed by atoms with Gasteiger partial charge in [0.1, 0.15) is 0 Å². The van der Waals surface area contributed by atoms with Crippen molar-refractivity contribution in [3.63, 3.8) is 0 Å². The molecular weight excluding hydrogens is 252 g/mol. The molecule has 1 saturated heterocycles. The highest BCUT2D eigenvalue weighted by Crippen LogP contribution is 2.22. The molecule has 1 aliphatic heterocycles. The summed E-state index contributed by atoms with van der Waals surface area (Å²) in [7, 11) is 1.72. The zero-order valence-corrected chi connectivity index (χ0v) is 12.3. The van der Waals surface area contributed by atoms with Crippen molar-refractivity contribution in [2.75, 3.05) is 25.9 Å². The lowest BCUT2D eigenvalue weighted by Crippen LogP contribution is -2.43. The largest absolute Gasteiger partial charge is 0.399 e. The Labute approximate surface area is 120 Å². The van der Waals surface area contributed by atoms with Gasteiger partial charge < -0.3 is 15.4 Å². The molecule has 0 saturated carbocycles. The van der Waals surface area contributed by atoms with E-state index in [1.807, 2.05) is 29.2 Å². The summed E-state index contributed by atoms with van der Waals surface area (Å²) in [4.78, 5) is 14.3. The van der Waals surface area contributed by atoms with Crippen molar-refractivity contribution < 1.29 is 9.53 Å². The highest BCUT2D eigenvalue weighted by atomic mass is 16.5. The quantitative estimate of drug-likeness (QED) is 0.859. The zero-order chi connectivity index (χ0) is 14.5. The van der Waals surface area contributed by atoms with Crippen LogP contribution in [0.4, 0.5) is 5.69 Å². The van der Waals surface area contributed by atoms with E-state index in [0.717, 1.165) is 37.2 Å². The molecule has 2 rings (SSSR count). The van der Waals surface area contributed by atoms with Crippen molar-refractivity contribution >= 4 is 11.6 Å². The van der Waals surface area contributed by atoms with Crippen LogP contribution in [0.1, 0.15) is 37.7 Å². The van der Waals surface area contributed by atoms with Crippen LogP contribution in [-0.2, 0) is 9.53 Å². The summed E-state index contributed by atoms with van der Waals surface area (Å²) < 4.78 is 5.37. The van der Waals surface area contributed by atoms with Gasteiger partial charge >= 0.3 is 0 Å². The number of piperidine rings is 1. The molecule has 0 aromatic heterocycles. The number of rotatable bonds is 4. The van der Waals surface area contributed by atoms with Crippen molar-refractivity contribution in [3.8, 4) is 0 Å². The highest BCUT2D eigenvalue weighted by molar-refractivity contribution is 5.77. The second-order valence-corrected chi connectivity index (χ2v) is 5.61. The molecule has 1 amide bonds. The molecule has 1 aromatic carbocycles. The number of amides is 1. The fraction of sp³-hybridized carbons (Fsp3) is 0.562. The molecule has 2 N–H and O–H groups in total. The Morgan fingerprint density at radius 2 is 2.15 bits per heavy atom. The molecular formula is C16H24N2O2. The maximum absolute atomic E-state index is 12.4. The third-order valence-electron chi connectivity index (χ3n) is 4.05. The number of hydrogen-bond acceptors (Lipinski definition) is 3. The number of nitrogen functional groups attached to an aromatic ring is 1. The van der Waals surface area contributed by atoms with Gasteiger partial charge in [0.25, 0.3) is 0 Å². The first kappa shape index (κ1) is 14.9. The van der Waals surface area contributed by atoms with Gasteiger partial charge in [0, 0.05) is 32.3 Å². The van der Waals surface area contributed by atoms with Crippen LogP contribution in [-0.4, -0.2) is 37.1 Å². The predicted octanol–water partition coefficient (Wildman–Crippen LogP) is 2.40. The van der Waals surface area contributed by atoms with Gasteiger partial charge in [-0.15, -0.1) is 0 Å². The number of ether oxygens (including phenoxy) is 1. The Kier molecular flexibility index (Phi) is 5.01. The Morgan fingerprint density at radius 1 is 1.45 bits per heavy atom. The molecule has 1 aromatic rings. The molecule has 0 radical (unpaired) electrons. The smallest absolute Gasteiger partial charge is 0.223 e. The summed E-state index contributed by atoms with van der Waals surface area (Å²) in [6.45, 7) is 3.66. The first-order chi connectivity index (χ1) is 9.60. The minimum absolute atomic E-state index is 0.194. The van der Waals surface area contributed by atoms with Crippen LogP contribution in [0.15, 0.2) is 24.3 Å². The Morgan fingerprint density at radius 3 is 2.80 bits per heavy atom. The number of benzene rings is 1. The first-order valence-corrected chi connectivity index (χ1v) is 7.26. The zero-order valence-electron chi connectivity index (χ0n) is 12.3. The number of methoxy groups -OCH3 is 1. The Hall–Kier alpha value is -1.55. The van der Waals surface area contributed by atoms with E-state index in [2.05, 4.69) is 6.92 Å².